The number of ether oxygens (including phenoxy) is 1. The molecule has 122 valence electrons. The second-order valence-electron chi connectivity index (χ2n) is 6.55. The van der Waals surface area contributed by atoms with Gasteiger partial charge in [-0.15, -0.1) is 0 Å². The van der Waals surface area contributed by atoms with Crippen LogP contribution in [0.4, 0.5) is 5.69 Å². The Morgan fingerprint density at radius 2 is 2.00 bits per heavy atom. The van der Waals surface area contributed by atoms with Gasteiger partial charge in [-0.25, -0.2) is 0 Å². The zero-order valence-electron chi connectivity index (χ0n) is 14.2. The first-order valence-electron chi connectivity index (χ1n) is 8.31. The van der Waals surface area contributed by atoms with E-state index in [1.165, 1.54) is 0 Å². The Morgan fingerprint density at radius 1 is 1.27 bits per heavy atom. The molecule has 1 heterocycles. The summed E-state index contributed by atoms with van der Waals surface area (Å²) in [6, 6.07) is 6.00. The first-order valence-corrected chi connectivity index (χ1v) is 8.31. The van der Waals surface area contributed by atoms with Crippen LogP contribution in [0.2, 0.25) is 0 Å². The Labute approximate surface area is 133 Å². The maximum Gasteiger partial charge on any atom is 0.270 e. The summed E-state index contributed by atoms with van der Waals surface area (Å²) in [6.45, 7) is 8.63. The Balaban J connectivity index is 2.39. The monoisotopic (exact) mass is 304 g/mol. The summed E-state index contributed by atoms with van der Waals surface area (Å²) in [4.78, 5) is 14.6. The topological polar surface area (TPSA) is 55.6 Å². The number of nitrogens with two attached hydrogens (primary N) is 1. The van der Waals surface area contributed by atoms with E-state index in [9.17, 15) is 4.79 Å². The summed E-state index contributed by atoms with van der Waals surface area (Å²) >= 11 is 0. The first-order chi connectivity index (χ1) is 10.4. The number of unbranched alkanes of at least 4 members (excludes halogenated alkanes) is 1. The molecule has 1 aromatic rings. The van der Waals surface area contributed by atoms with Gasteiger partial charge in [-0.3, -0.25) is 4.79 Å². The number of hydrogen-bond acceptors (Lipinski definition) is 3. The number of fused-ring (bicyclic) bond motifs is 1. The molecule has 0 spiro atoms. The molecule has 1 atom stereocenters. The first kappa shape index (κ1) is 16.8. The normalized spacial score (nSPS) is 17.9. The predicted octanol–water partition coefficient (Wildman–Crippen LogP) is 3.79. The molecule has 0 fully saturated rings. The zero-order valence-corrected chi connectivity index (χ0v) is 14.2. The van der Waals surface area contributed by atoms with Crippen LogP contribution in [0.5, 0.6) is 5.75 Å². The third kappa shape index (κ3) is 3.27. The van der Waals surface area contributed by atoms with E-state index in [4.69, 9.17) is 10.5 Å². The van der Waals surface area contributed by atoms with Gasteiger partial charge in [0.25, 0.3) is 5.91 Å². The molecule has 0 aliphatic carbocycles. The van der Waals surface area contributed by atoms with Crippen LogP contribution in [0.3, 0.4) is 0 Å². The van der Waals surface area contributed by atoms with Crippen molar-refractivity contribution in [3.05, 3.63) is 23.8 Å². The highest BCUT2D eigenvalue weighted by Gasteiger charge is 2.40. The second kappa shape index (κ2) is 6.69. The van der Waals surface area contributed by atoms with Crippen LogP contribution in [0, 0.1) is 0 Å². The van der Waals surface area contributed by atoms with Crippen LogP contribution in [-0.2, 0) is 4.79 Å². The van der Waals surface area contributed by atoms with Crippen molar-refractivity contribution in [3.8, 4) is 5.75 Å². The van der Waals surface area contributed by atoms with Crippen molar-refractivity contribution in [3.63, 3.8) is 0 Å². The number of benzene rings is 1. The molecule has 2 rings (SSSR count). The Kier molecular flexibility index (Phi) is 5.12. The van der Waals surface area contributed by atoms with Gasteiger partial charge in [-0.2, -0.15) is 0 Å². The van der Waals surface area contributed by atoms with E-state index in [0.29, 0.717) is 0 Å². The highest BCUT2D eigenvalue weighted by molar-refractivity contribution is 6.02. The van der Waals surface area contributed by atoms with E-state index in [0.717, 1.165) is 49.2 Å². The minimum Gasteiger partial charge on any atom is -0.476 e. The summed E-state index contributed by atoms with van der Waals surface area (Å²) in [6.07, 6.45) is 4.01. The van der Waals surface area contributed by atoms with Crippen molar-refractivity contribution in [1.29, 1.82) is 0 Å². The lowest BCUT2D eigenvalue weighted by molar-refractivity contribution is -0.132. The van der Waals surface area contributed by atoms with Gasteiger partial charge in [-0.05, 0) is 44.4 Å². The van der Waals surface area contributed by atoms with Crippen molar-refractivity contribution in [1.82, 2.24) is 0 Å². The highest BCUT2D eigenvalue weighted by atomic mass is 16.5. The average Bonchev–Trinajstić information content (AvgIpc) is 2.47. The molecule has 1 aromatic carbocycles. The van der Waals surface area contributed by atoms with Crippen LogP contribution >= 0.6 is 0 Å². The summed E-state index contributed by atoms with van der Waals surface area (Å²) in [5, 5.41) is 0. The van der Waals surface area contributed by atoms with Gasteiger partial charge in [0.1, 0.15) is 5.75 Å². The Hall–Kier alpha value is -1.55. The van der Waals surface area contributed by atoms with Crippen LogP contribution in [0.15, 0.2) is 18.2 Å². The van der Waals surface area contributed by atoms with Crippen molar-refractivity contribution in [2.45, 2.75) is 65.0 Å². The number of hydrogen-bond donors (Lipinski definition) is 1. The van der Waals surface area contributed by atoms with E-state index in [1.807, 2.05) is 36.9 Å². The smallest absolute Gasteiger partial charge is 0.270 e. The van der Waals surface area contributed by atoms with E-state index < -0.39 is 5.60 Å². The molecule has 1 aliphatic heterocycles. The number of rotatable bonds is 6. The lowest BCUT2D eigenvalue weighted by Gasteiger charge is -2.39. The second-order valence-corrected chi connectivity index (χ2v) is 6.55. The van der Waals surface area contributed by atoms with E-state index in [-0.39, 0.29) is 11.9 Å². The molecule has 1 amide bonds. The van der Waals surface area contributed by atoms with Crippen molar-refractivity contribution >= 4 is 11.6 Å². The van der Waals surface area contributed by atoms with Gasteiger partial charge in [-0.1, -0.05) is 32.8 Å². The lowest BCUT2D eigenvalue weighted by Crippen LogP contribution is -2.52. The zero-order chi connectivity index (χ0) is 16.3. The molecule has 0 saturated carbocycles. The van der Waals surface area contributed by atoms with Gasteiger partial charge in [0.15, 0.2) is 5.60 Å². The number of carbonyl (C=O) groups excluding carboxylic acids is 1. The molecule has 0 bridgehead atoms. The predicted molar refractivity (Wildman–Crippen MR) is 90.2 cm³/mol. The van der Waals surface area contributed by atoms with Gasteiger partial charge in [0, 0.05) is 12.6 Å². The van der Waals surface area contributed by atoms with Gasteiger partial charge >= 0.3 is 0 Å². The minimum absolute atomic E-state index is 0.00774. The molecule has 4 nitrogen and oxygen atoms in total. The molecule has 0 saturated heterocycles. The lowest BCUT2D eigenvalue weighted by atomic mass is 9.98. The van der Waals surface area contributed by atoms with Crippen molar-refractivity contribution in [2.24, 2.45) is 5.73 Å². The Morgan fingerprint density at radius 3 is 2.64 bits per heavy atom. The number of amides is 1. The van der Waals surface area contributed by atoms with E-state index >= 15 is 0 Å². The van der Waals surface area contributed by atoms with Crippen LogP contribution in [0.25, 0.3) is 0 Å². The standard InChI is InChI=1S/C18H28N2O2/c1-5-7-11-20-15-12-13(14(19)8-6-2)9-10-16(15)22-18(3,4)17(20)21/h9-10,12,14H,5-8,11,19H2,1-4H3. The maximum absolute atomic E-state index is 12.7. The van der Waals surface area contributed by atoms with Crippen molar-refractivity contribution < 1.29 is 9.53 Å². The average molecular weight is 304 g/mol. The summed E-state index contributed by atoms with van der Waals surface area (Å²) < 4.78 is 5.90. The number of carbonyl (C=O) groups is 1. The molecule has 0 radical (unpaired) electrons. The summed E-state index contributed by atoms with van der Waals surface area (Å²) in [5.41, 5.74) is 7.35. The molecule has 1 unspecified atom stereocenters. The molecule has 1 aliphatic rings. The highest BCUT2D eigenvalue weighted by Crippen LogP contribution is 2.39. The van der Waals surface area contributed by atoms with Crippen molar-refractivity contribution in [2.75, 3.05) is 11.4 Å². The van der Waals surface area contributed by atoms with E-state index in [2.05, 4.69) is 13.8 Å². The summed E-state index contributed by atoms with van der Waals surface area (Å²) in [7, 11) is 0. The third-order valence-corrected chi connectivity index (χ3v) is 4.16. The van der Waals surface area contributed by atoms with Gasteiger partial charge in [0.05, 0.1) is 5.69 Å². The third-order valence-electron chi connectivity index (χ3n) is 4.16. The molecular formula is C18H28N2O2. The van der Waals surface area contributed by atoms with Crippen LogP contribution in [0.1, 0.15) is 65.0 Å². The maximum atomic E-state index is 12.7. The largest absolute Gasteiger partial charge is 0.476 e. The SMILES string of the molecule is CCCCN1C(=O)C(C)(C)Oc2ccc(C(N)CCC)cc21. The molecular weight excluding hydrogens is 276 g/mol. The van der Waals surface area contributed by atoms with Gasteiger partial charge in [0.2, 0.25) is 0 Å². The molecule has 2 N–H and O–H groups in total. The van der Waals surface area contributed by atoms with Gasteiger partial charge < -0.3 is 15.4 Å². The van der Waals surface area contributed by atoms with Crippen LogP contribution in [-0.4, -0.2) is 18.1 Å². The molecule has 0 aromatic heterocycles. The molecule has 4 heteroatoms. The fraction of sp³-hybridized carbons (Fsp3) is 0.611. The number of anilines is 1. The summed E-state index contributed by atoms with van der Waals surface area (Å²) in [5.74, 6) is 0.794. The van der Waals surface area contributed by atoms with Crippen LogP contribution < -0.4 is 15.4 Å². The molecule has 22 heavy (non-hydrogen) atoms. The fourth-order valence-corrected chi connectivity index (χ4v) is 2.83. The fourth-order valence-electron chi connectivity index (χ4n) is 2.83. The number of nitrogens with zero attached hydrogens (tertiary/aromatic N) is 1. The quantitative estimate of drug-likeness (QED) is 0.870. The van der Waals surface area contributed by atoms with E-state index in [1.54, 1.807) is 0 Å². The Bertz CT molecular complexity index is 540. The minimum atomic E-state index is -0.812.